The Hall–Kier alpha value is -1.29. The van der Waals surface area contributed by atoms with Crippen LogP contribution in [0.2, 0.25) is 5.02 Å². The molecule has 6 nitrogen and oxygen atoms in total. The molecule has 0 saturated heterocycles. The maximum absolute atomic E-state index is 12.4. The molecule has 140 valence electrons. The summed E-state index contributed by atoms with van der Waals surface area (Å²) in [6.07, 6.45) is 1.55. The molecule has 0 bridgehead atoms. The number of carbonyl (C=O) groups excluding carboxylic acids is 2. The third kappa shape index (κ3) is 5.87. The summed E-state index contributed by atoms with van der Waals surface area (Å²) in [6.45, 7) is 4.05. The van der Waals surface area contributed by atoms with E-state index in [9.17, 15) is 9.59 Å². The van der Waals surface area contributed by atoms with Crippen molar-refractivity contribution in [2.45, 2.75) is 35.4 Å². The van der Waals surface area contributed by atoms with E-state index in [1.165, 1.54) is 34.9 Å². The molecular formula is C16H19ClN4O2S3. The van der Waals surface area contributed by atoms with Gasteiger partial charge in [0, 0.05) is 10.7 Å². The van der Waals surface area contributed by atoms with E-state index in [1.807, 2.05) is 26.0 Å². The lowest BCUT2D eigenvalue weighted by Gasteiger charge is -2.15. The fourth-order valence-corrected chi connectivity index (χ4v) is 5.07. The molecule has 2 rings (SSSR count). The Kier molecular flexibility index (Phi) is 8.20. The smallest absolute Gasteiger partial charge is 0.234 e. The first kappa shape index (κ1) is 21.0. The molecule has 1 heterocycles. The van der Waals surface area contributed by atoms with E-state index in [1.54, 1.807) is 0 Å². The van der Waals surface area contributed by atoms with E-state index >= 15 is 0 Å². The van der Waals surface area contributed by atoms with Crippen LogP contribution in [0.25, 0.3) is 0 Å². The summed E-state index contributed by atoms with van der Waals surface area (Å²) in [5, 5.41) is 11.6. The van der Waals surface area contributed by atoms with E-state index in [0.717, 1.165) is 29.7 Å². The molecule has 0 aliphatic rings. The number of hydrogen-bond donors (Lipinski definition) is 2. The number of nitrogens with two attached hydrogens (primary N) is 1. The minimum absolute atomic E-state index is 0.122. The molecule has 0 aliphatic carbocycles. The average molecular weight is 431 g/mol. The zero-order chi connectivity index (χ0) is 19.1. The number of nitrogens with zero attached hydrogens (tertiary/aromatic N) is 2. The highest BCUT2D eigenvalue weighted by molar-refractivity contribution is 8.03. The van der Waals surface area contributed by atoms with Gasteiger partial charge in [0.15, 0.2) is 8.68 Å². The number of carbonyl (C=O) groups is 2. The summed E-state index contributed by atoms with van der Waals surface area (Å²) in [5.74, 6) is -0.149. The topological polar surface area (TPSA) is 98.0 Å². The molecular weight excluding hydrogens is 412 g/mol. The molecule has 0 fully saturated rings. The van der Waals surface area contributed by atoms with E-state index in [2.05, 4.69) is 15.5 Å². The summed E-state index contributed by atoms with van der Waals surface area (Å²) in [7, 11) is 0. The van der Waals surface area contributed by atoms with Crippen LogP contribution in [0.4, 0.5) is 5.69 Å². The van der Waals surface area contributed by atoms with Crippen molar-refractivity contribution in [3.8, 4) is 0 Å². The van der Waals surface area contributed by atoms with E-state index in [-0.39, 0.29) is 17.4 Å². The van der Waals surface area contributed by atoms with E-state index in [4.69, 9.17) is 17.3 Å². The Morgan fingerprint density at radius 3 is 2.38 bits per heavy atom. The van der Waals surface area contributed by atoms with Crippen LogP contribution < -0.4 is 11.1 Å². The highest BCUT2D eigenvalue weighted by atomic mass is 35.5. The van der Waals surface area contributed by atoms with Gasteiger partial charge in [-0.1, -0.05) is 66.4 Å². The van der Waals surface area contributed by atoms with Crippen molar-refractivity contribution in [2.24, 2.45) is 5.73 Å². The van der Waals surface area contributed by atoms with Crippen molar-refractivity contribution in [3.05, 3.63) is 28.3 Å². The second-order valence-electron chi connectivity index (χ2n) is 5.19. The molecule has 0 atom stereocenters. The van der Waals surface area contributed by atoms with Crippen molar-refractivity contribution < 1.29 is 9.59 Å². The molecule has 0 aliphatic heterocycles. The van der Waals surface area contributed by atoms with Crippen LogP contribution in [0.15, 0.2) is 20.8 Å². The number of aryl methyl sites for hydroxylation is 1. The van der Waals surface area contributed by atoms with Gasteiger partial charge in [-0.05, 0) is 30.0 Å². The van der Waals surface area contributed by atoms with Gasteiger partial charge in [-0.15, -0.1) is 10.2 Å². The first-order chi connectivity index (χ1) is 12.4. The predicted octanol–water partition coefficient (Wildman–Crippen LogP) is 3.62. The van der Waals surface area contributed by atoms with Crippen LogP contribution in [0.5, 0.6) is 0 Å². The van der Waals surface area contributed by atoms with Crippen molar-refractivity contribution in [2.75, 3.05) is 16.8 Å². The predicted molar refractivity (Wildman–Crippen MR) is 109 cm³/mol. The van der Waals surface area contributed by atoms with Crippen molar-refractivity contribution in [3.63, 3.8) is 0 Å². The number of halogens is 1. The van der Waals surface area contributed by atoms with Gasteiger partial charge in [0.05, 0.1) is 11.5 Å². The molecule has 0 spiro atoms. The molecule has 1 aromatic carbocycles. The van der Waals surface area contributed by atoms with E-state index < -0.39 is 5.91 Å². The number of thioether (sulfide) groups is 2. The van der Waals surface area contributed by atoms with Crippen LogP contribution in [0.1, 0.15) is 25.0 Å². The van der Waals surface area contributed by atoms with Crippen LogP contribution in [-0.4, -0.2) is 33.5 Å². The summed E-state index contributed by atoms with van der Waals surface area (Å²) in [5.41, 5.74) is 7.92. The number of aromatic nitrogens is 2. The first-order valence-electron chi connectivity index (χ1n) is 7.92. The zero-order valence-corrected chi connectivity index (χ0v) is 17.6. The molecule has 1 aromatic heterocycles. The highest BCUT2D eigenvalue weighted by Crippen LogP contribution is 2.31. The van der Waals surface area contributed by atoms with Crippen molar-refractivity contribution in [1.29, 1.82) is 0 Å². The zero-order valence-electron chi connectivity index (χ0n) is 14.4. The van der Waals surface area contributed by atoms with Crippen LogP contribution >= 0.6 is 46.5 Å². The number of rotatable bonds is 9. The largest absolute Gasteiger partial charge is 0.369 e. The fourth-order valence-electron chi connectivity index (χ4n) is 2.22. The second kappa shape index (κ2) is 10.1. The SMILES string of the molecule is CCc1ccc(Cl)c(CC)c1NC(=O)CSc1nnc(SCC(N)=O)s1. The summed E-state index contributed by atoms with van der Waals surface area (Å²) < 4.78 is 1.33. The fraction of sp³-hybridized carbons (Fsp3) is 0.375. The van der Waals surface area contributed by atoms with Gasteiger partial charge < -0.3 is 11.1 Å². The monoisotopic (exact) mass is 430 g/mol. The molecule has 26 heavy (non-hydrogen) atoms. The third-order valence-electron chi connectivity index (χ3n) is 3.39. The average Bonchev–Trinajstić information content (AvgIpc) is 3.06. The second-order valence-corrected chi connectivity index (χ2v) is 9.02. The van der Waals surface area contributed by atoms with Crippen LogP contribution in [0, 0.1) is 0 Å². The van der Waals surface area contributed by atoms with Crippen LogP contribution in [0.3, 0.4) is 0 Å². The normalized spacial score (nSPS) is 10.7. The summed E-state index contributed by atoms with van der Waals surface area (Å²) >= 11 is 10.1. The molecule has 2 amide bonds. The summed E-state index contributed by atoms with van der Waals surface area (Å²) in [6, 6.07) is 3.81. The number of benzene rings is 1. The highest BCUT2D eigenvalue weighted by Gasteiger charge is 2.14. The molecule has 3 N–H and O–H groups in total. The van der Waals surface area contributed by atoms with Crippen molar-refractivity contribution in [1.82, 2.24) is 10.2 Å². The molecule has 10 heteroatoms. The number of anilines is 1. The Labute approximate surface area is 169 Å². The lowest BCUT2D eigenvalue weighted by Crippen LogP contribution is -2.17. The number of hydrogen-bond acceptors (Lipinski definition) is 7. The molecule has 0 radical (unpaired) electrons. The van der Waals surface area contributed by atoms with Gasteiger partial charge in [-0.25, -0.2) is 0 Å². The minimum Gasteiger partial charge on any atom is -0.369 e. The Morgan fingerprint density at radius 2 is 1.81 bits per heavy atom. The molecule has 0 saturated carbocycles. The third-order valence-corrected chi connectivity index (χ3v) is 6.96. The minimum atomic E-state index is -0.404. The Balaban J connectivity index is 1.97. The van der Waals surface area contributed by atoms with Crippen LogP contribution in [-0.2, 0) is 22.4 Å². The lowest BCUT2D eigenvalue weighted by molar-refractivity contribution is -0.115. The van der Waals surface area contributed by atoms with Gasteiger partial charge in [0.1, 0.15) is 0 Å². The number of nitrogens with one attached hydrogen (secondary N) is 1. The summed E-state index contributed by atoms with van der Waals surface area (Å²) in [4.78, 5) is 23.2. The van der Waals surface area contributed by atoms with Gasteiger partial charge in [0.2, 0.25) is 11.8 Å². The Bertz CT molecular complexity index is 798. The molecule has 2 aromatic rings. The van der Waals surface area contributed by atoms with Crippen molar-refractivity contribution >= 4 is 64.0 Å². The Morgan fingerprint density at radius 1 is 1.15 bits per heavy atom. The first-order valence-corrected chi connectivity index (χ1v) is 11.1. The maximum atomic E-state index is 12.4. The number of amides is 2. The van der Waals surface area contributed by atoms with Gasteiger partial charge in [-0.2, -0.15) is 0 Å². The standard InChI is InChI=1S/C16H19ClN4O2S3/c1-3-9-5-6-11(17)10(4-2)14(9)19-13(23)8-25-16-21-20-15(26-16)24-7-12(18)22/h5-6H,3-4,7-8H2,1-2H3,(H2,18,22)(H,19,23). The quantitative estimate of drug-likeness (QED) is 0.589. The maximum Gasteiger partial charge on any atom is 0.234 e. The molecule has 0 unspecified atom stereocenters. The lowest BCUT2D eigenvalue weighted by atomic mass is 10.0. The van der Waals surface area contributed by atoms with Gasteiger partial charge in [0.25, 0.3) is 0 Å². The van der Waals surface area contributed by atoms with Gasteiger partial charge >= 0.3 is 0 Å². The van der Waals surface area contributed by atoms with Gasteiger partial charge in [-0.3, -0.25) is 9.59 Å². The van der Waals surface area contributed by atoms with E-state index in [0.29, 0.717) is 13.7 Å². The number of primary amides is 1.